The van der Waals surface area contributed by atoms with E-state index >= 15 is 0 Å². The molecule has 114 valence electrons. The third-order valence-corrected chi connectivity index (χ3v) is 3.51. The van der Waals surface area contributed by atoms with Gasteiger partial charge >= 0.3 is 0 Å². The standard InChI is InChI=1S/C15H23N5O/c1-5-20-14(8-13(18-20)11(2)3)15(21)17-9-12(4)19-7-6-16-10-19/h6-8,10-12H,5,9H2,1-4H3,(H,17,21)/t12-/m1/s1. The van der Waals surface area contributed by atoms with Crippen LogP contribution in [0, 0.1) is 0 Å². The van der Waals surface area contributed by atoms with Crippen molar-refractivity contribution < 1.29 is 4.79 Å². The van der Waals surface area contributed by atoms with Crippen molar-refractivity contribution in [1.29, 1.82) is 0 Å². The third kappa shape index (κ3) is 3.51. The van der Waals surface area contributed by atoms with E-state index in [-0.39, 0.29) is 11.9 Å². The Bertz CT molecular complexity index is 585. The molecular weight excluding hydrogens is 266 g/mol. The van der Waals surface area contributed by atoms with Gasteiger partial charge in [-0.1, -0.05) is 13.8 Å². The van der Waals surface area contributed by atoms with Crippen LogP contribution in [-0.2, 0) is 6.54 Å². The SMILES string of the molecule is CCn1nc(C(C)C)cc1C(=O)NC[C@@H](C)n1ccnc1. The summed E-state index contributed by atoms with van der Waals surface area (Å²) in [7, 11) is 0. The number of carbonyl (C=O) groups excluding carboxylic acids is 1. The van der Waals surface area contributed by atoms with Gasteiger partial charge in [0.2, 0.25) is 0 Å². The first-order valence-electron chi connectivity index (χ1n) is 7.36. The Morgan fingerprint density at radius 2 is 2.14 bits per heavy atom. The lowest BCUT2D eigenvalue weighted by molar-refractivity contribution is 0.0938. The molecule has 6 nitrogen and oxygen atoms in total. The quantitative estimate of drug-likeness (QED) is 0.886. The van der Waals surface area contributed by atoms with Crippen LogP contribution < -0.4 is 5.32 Å². The van der Waals surface area contributed by atoms with Crippen LogP contribution in [0.25, 0.3) is 0 Å². The number of hydrogen-bond donors (Lipinski definition) is 1. The van der Waals surface area contributed by atoms with E-state index in [2.05, 4.69) is 29.2 Å². The topological polar surface area (TPSA) is 64.7 Å². The summed E-state index contributed by atoms with van der Waals surface area (Å²) in [6.07, 6.45) is 5.38. The van der Waals surface area contributed by atoms with E-state index in [1.807, 2.05) is 30.7 Å². The van der Waals surface area contributed by atoms with Crippen LogP contribution in [0.15, 0.2) is 24.8 Å². The fraction of sp³-hybridized carbons (Fsp3) is 0.533. The third-order valence-electron chi connectivity index (χ3n) is 3.51. The summed E-state index contributed by atoms with van der Waals surface area (Å²) in [6, 6.07) is 2.05. The molecule has 2 aromatic rings. The van der Waals surface area contributed by atoms with Crippen molar-refractivity contribution in [2.24, 2.45) is 0 Å². The van der Waals surface area contributed by atoms with Gasteiger partial charge in [-0.15, -0.1) is 0 Å². The highest BCUT2D eigenvalue weighted by atomic mass is 16.2. The maximum Gasteiger partial charge on any atom is 0.269 e. The first kappa shape index (κ1) is 15.3. The first-order valence-corrected chi connectivity index (χ1v) is 7.36. The number of rotatable bonds is 6. The lowest BCUT2D eigenvalue weighted by Gasteiger charge is -2.14. The Balaban J connectivity index is 2.03. The van der Waals surface area contributed by atoms with Crippen LogP contribution in [-0.4, -0.2) is 31.8 Å². The molecule has 0 saturated heterocycles. The minimum Gasteiger partial charge on any atom is -0.349 e. The molecule has 1 amide bonds. The van der Waals surface area contributed by atoms with E-state index in [1.165, 1.54) is 0 Å². The Kier molecular flexibility index (Phi) is 4.77. The average Bonchev–Trinajstić information content (AvgIpc) is 3.12. The molecule has 0 saturated carbocycles. The second-order valence-corrected chi connectivity index (χ2v) is 5.49. The van der Waals surface area contributed by atoms with Gasteiger partial charge in [0.1, 0.15) is 5.69 Å². The molecule has 0 aromatic carbocycles. The number of nitrogens with one attached hydrogen (secondary N) is 1. The van der Waals surface area contributed by atoms with Crippen LogP contribution >= 0.6 is 0 Å². The number of aromatic nitrogens is 4. The average molecular weight is 289 g/mol. The highest BCUT2D eigenvalue weighted by Gasteiger charge is 2.16. The minimum absolute atomic E-state index is 0.0804. The molecule has 1 N–H and O–H groups in total. The Hall–Kier alpha value is -2.11. The number of aryl methyl sites for hydroxylation is 1. The molecular formula is C15H23N5O. The number of amides is 1. The molecule has 0 aliphatic heterocycles. The number of imidazole rings is 1. The van der Waals surface area contributed by atoms with E-state index in [0.29, 0.717) is 24.7 Å². The van der Waals surface area contributed by atoms with E-state index < -0.39 is 0 Å². The van der Waals surface area contributed by atoms with Gasteiger partial charge in [0.25, 0.3) is 5.91 Å². The first-order chi connectivity index (χ1) is 10.0. The van der Waals surface area contributed by atoms with Crippen LogP contribution in [0.5, 0.6) is 0 Å². The van der Waals surface area contributed by atoms with E-state index in [1.54, 1.807) is 17.2 Å². The van der Waals surface area contributed by atoms with Gasteiger partial charge in [-0.25, -0.2) is 4.98 Å². The van der Waals surface area contributed by atoms with E-state index in [9.17, 15) is 4.79 Å². The van der Waals surface area contributed by atoms with Crippen molar-refractivity contribution in [2.75, 3.05) is 6.54 Å². The van der Waals surface area contributed by atoms with Gasteiger partial charge in [-0.05, 0) is 25.8 Å². The highest BCUT2D eigenvalue weighted by Crippen LogP contribution is 2.14. The fourth-order valence-electron chi connectivity index (χ4n) is 2.11. The van der Waals surface area contributed by atoms with Gasteiger partial charge in [-0.3, -0.25) is 9.48 Å². The molecule has 21 heavy (non-hydrogen) atoms. The van der Waals surface area contributed by atoms with Crippen molar-refractivity contribution in [1.82, 2.24) is 24.6 Å². The predicted molar refractivity (Wildman–Crippen MR) is 81.3 cm³/mol. The molecule has 2 rings (SSSR count). The van der Waals surface area contributed by atoms with Crippen molar-refractivity contribution in [3.8, 4) is 0 Å². The van der Waals surface area contributed by atoms with Crippen molar-refractivity contribution in [3.63, 3.8) is 0 Å². The lowest BCUT2D eigenvalue weighted by atomic mass is 10.1. The summed E-state index contributed by atoms with van der Waals surface area (Å²) in [4.78, 5) is 16.4. The molecule has 0 spiro atoms. The summed E-state index contributed by atoms with van der Waals surface area (Å²) in [5.74, 6) is 0.234. The van der Waals surface area contributed by atoms with E-state index in [4.69, 9.17) is 0 Å². The molecule has 6 heteroatoms. The summed E-state index contributed by atoms with van der Waals surface area (Å²) >= 11 is 0. The highest BCUT2D eigenvalue weighted by molar-refractivity contribution is 5.92. The van der Waals surface area contributed by atoms with Crippen LogP contribution in [0.3, 0.4) is 0 Å². The smallest absolute Gasteiger partial charge is 0.269 e. The van der Waals surface area contributed by atoms with Gasteiger partial charge in [0.05, 0.1) is 12.0 Å². The zero-order valence-corrected chi connectivity index (χ0v) is 13.1. The van der Waals surface area contributed by atoms with Gasteiger partial charge in [0, 0.05) is 31.5 Å². The number of carbonyl (C=O) groups is 1. The van der Waals surface area contributed by atoms with Crippen molar-refractivity contribution in [3.05, 3.63) is 36.2 Å². The molecule has 2 aromatic heterocycles. The molecule has 0 aliphatic rings. The molecule has 2 heterocycles. The Labute approximate surface area is 125 Å². The largest absolute Gasteiger partial charge is 0.349 e. The summed E-state index contributed by atoms with van der Waals surface area (Å²) in [5.41, 5.74) is 1.57. The second-order valence-electron chi connectivity index (χ2n) is 5.49. The Morgan fingerprint density at radius 1 is 1.38 bits per heavy atom. The van der Waals surface area contributed by atoms with Gasteiger partial charge in [0.15, 0.2) is 0 Å². The number of hydrogen-bond acceptors (Lipinski definition) is 3. The van der Waals surface area contributed by atoms with Crippen LogP contribution in [0.4, 0.5) is 0 Å². The molecule has 0 aliphatic carbocycles. The summed E-state index contributed by atoms with van der Waals surface area (Å²) < 4.78 is 3.73. The van der Waals surface area contributed by atoms with E-state index in [0.717, 1.165) is 5.69 Å². The maximum atomic E-state index is 12.3. The van der Waals surface area contributed by atoms with Gasteiger partial charge in [-0.2, -0.15) is 5.10 Å². The monoisotopic (exact) mass is 289 g/mol. The molecule has 0 radical (unpaired) electrons. The molecule has 0 bridgehead atoms. The second kappa shape index (κ2) is 6.56. The maximum absolute atomic E-state index is 12.3. The normalized spacial score (nSPS) is 12.6. The van der Waals surface area contributed by atoms with Crippen molar-refractivity contribution >= 4 is 5.91 Å². The van der Waals surface area contributed by atoms with Crippen molar-refractivity contribution in [2.45, 2.75) is 46.2 Å². The molecule has 0 fully saturated rings. The van der Waals surface area contributed by atoms with Crippen LogP contribution in [0.2, 0.25) is 0 Å². The zero-order valence-electron chi connectivity index (χ0n) is 13.1. The molecule has 0 unspecified atom stereocenters. The fourth-order valence-corrected chi connectivity index (χ4v) is 2.11. The predicted octanol–water partition coefficient (Wildman–Crippen LogP) is 2.21. The van der Waals surface area contributed by atoms with Gasteiger partial charge < -0.3 is 9.88 Å². The summed E-state index contributed by atoms with van der Waals surface area (Å²) in [5, 5.41) is 7.43. The Morgan fingerprint density at radius 3 is 2.71 bits per heavy atom. The number of nitrogens with zero attached hydrogens (tertiary/aromatic N) is 4. The zero-order chi connectivity index (χ0) is 15.4. The minimum atomic E-state index is -0.0804. The molecule has 1 atom stereocenters. The van der Waals surface area contributed by atoms with Crippen LogP contribution in [0.1, 0.15) is 55.8 Å². The summed E-state index contributed by atoms with van der Waals surface area (Å²) in [6.45, 7) is 9.42. The lowest BCUT2D eigenvalue weighted by Crippen LogP contribution is -2.30.